The van der Waals surface area contributed by atoms with E-state index in [1.54, 1.807) is 4.68 Å². The molecule has 1 saturated heterocycles. The second kappa shape index (κ2) is 10.4. The van der Waals surface area contributed by atoms with Gasteiger partial charge in [-0.05, 0) is 45.4 Å². The van der Waals surface area contributed by atoms with Crippen molar-refractivity contribution in [3.63, 3.8) is 0 Å². The van der Waals surface area contributed by atoms with E-state index in [4.69, 9.17) is 14.5 Å². The van der Waals surface area contributed by atoms with E-state index >= 15 is 0 Å². The summed E-state index contributed by atoms with van der Waals surface area (Å²) in [6.07, 6.45) is 0.872. The Hall–Kier alpha value is -2.49. The monoisotopic (exact) mass is 457 g/mol. The Morgan fingerprint density at radius 1 is 1.28 bits per heavy atom. The number of benzene rings is 1. The summed E-state index contributed by atoms with van der Waals surface area (Å²) >= 11 is 1.53. The predicted molar refractivity (Wildman–Crippen MR) is 127 cm³/mol. The lowest BCUT2D eigenvalue weighted by molar-refractivity contribution is -0.119. The van der Waals surface area contributed by atoms with Crippen molar-refractivity contribution in [1.82, 2.24) is 19.7 Å². The molecule has 8 nitrogen and oxygen atoms in total. The Labute approximate surface area is 192 Å². The second-order valence-corrected chi connectivity index (χ2v) is 8.98. The van der Waals surface area contributed by atoms with Gasteiger partial charge < -0.3 is 9.47 Å². The number of nitrogens with zero attached hydrogens (tertiary/aromatic N) is 5. The average molecular weight is 458 g/mol. The number of thiazole rings is 1. The molecule has 1 amide bonds. The number of fused-ring (bicyclic) bond motifs is 1. The van der Waals surface area contributed by atoms with E-state index in [1.807, 2.05) is 49.9 Å². The fourth-order valence-corrected chi connectivity index (χ4v) is 4.98. The van der Waals surface area contributed by atoms with Crippen molar-refractivity contribution in [3.8, 4) is 5.75 Å². The molecule has 0 N–H and O–H groups in total. The number of amides is 1. The molecule has 1 aromatic carbocycles. The molecule has 1 fully saturated rings. The molecule has 32 heavy (non-hydrogen) atoms. The molecule has 1 aliphatic rings. The number of morpholine rings is 1. The molecule has 2 aromatic heterocycles. The summed E-state index contributed by atoms with van der Waals surface area (Å²) in [7, 11) is 0. The standard InChI is InChI=1S/C23H31N5O3S/c1-4-31-19-7-5-8-20-22(19)24-23(32-20)27(10-6-9-26-11-13-30-14-12-26)21(29)16-28-18(3)15-17(2)25-28/h5,7-8,15H,4,6,9-14,16H2,1-3H3. The van der Waals surface area contributed by atoms with Gasteiger partial charge in [-0.2, -0.15) is 5.10 Å². The van der Waals surface area contributed by atoms with Crippen molar-refractivity contribution in [2.24, 2.45) is 0 Å². The quantitative estimate of drug-likeness (QED) is 0.491. The lowest BCUT2D eigenvalue weighted by Gasteiger charge is -2.27. The summed E-state index contributed by atoms with van der Waals surface area (Å²) in [5.74, 6) is 0.752. The molecule has 1 aliphatic heterocycles. The zero-order valence-corrected chi connectivity index (χ0v) is 19.9. The molecule has 0 unspecified atom stereocenters. The average Bonchev–Trinajstić information content (AvgIpc) is 3.35. The number of carbonyl (C=O) groups is 1. The first-order chi connectivity index (χ1) is 15.5. The zero-order chi connectivity index (χ0) is 22.5. The molecule has 3 heterocycles. The minimum atomic E-state index is -0.00445. The van der Waals surface area contributed by atoms with Crippen LogP contribution in [0.5, 0.6) is 5.75 Å². The van der Waals surface area contributed by atoms with Gasteiger partial charge in [-0.25, -0.2) is 4.98 Å². The van der Waals surface area contributed by atoms with Gasteiger partial charge in [0.15, 0.2) is 5.13 Å². The molecule has 9 heteroatoms. The van der Waals surface area contributed by atoms with Crippen LogP contribution in [0.3, 0.4) is 0 Å². The highest BCUT2D eigenvalue weighted by atomic mass is 32.1. The highest BCUT2D eigenvalue weighted by molar-refractivity contribution is 7.22. The SMILES string of the molecule is CCOc1cccc2sc(N(CCCN3CCOCC3)C(=O)Cn3nc(C)cc3C)nc12. The number of aryl methyl sites for hydroxylation is 2. The molecular weight excluding hydrogens is 426 g/mol. The minimum absolute atomic E-state index is 0.00445. The first-order valence-corrected chi connectivity index (χ1v) is 12.0. The number of hydrogen-bond donors (Lipinski definition) is 0. The van der Waals surface area contributed by atoms with Gasteiger partial charge in [0, 0.05) is 31.9 Å². The van der Waals surface area contributed by atoms with Gasteiger partial charge in [0.1, 0.15) is 17.8 Å². The lowest BCUT2D eigenvalue weighted by atomic mass is 10.3. The number of anilines is 1. The van der Waals surface area contributed by atoms with Crippen LogP contribution < -0.4 is 9.64 Å². The van der Waals surface area contributed by atoms with E-state index in [0.717, 1.165) is 66.6 Å². The van der Waals surface area contributed by atoms with Gasteiger partial charge in [0.05, 0.1) is 30.2 Å². The van der Waals surface area contributed by atoms with Crippen LogP contribution in [-0.2, 0) is 16.1 Å². The van der Waals surface area contributed by atoms with Gasteiger partial charge in [0.25, 0.3) is 5.91 Å². The van der Waals surface area contributed by atoms with Crippen LogP contribution >= 0.6 is 11.3 Å². The molecule has 0 atom stereocenters. The predicted octanol–water partition coefficient (Wildman–Crippen LogP) is 3.26. The van der Waals surface area contributed by atoms with E-state index < -0.39 is 0 Å². The third-order valence-corrected chi connectivity index (χ3v) is 6.59. The number of ether oxygens (including phenoxy) is 2. The van der Waals surface area contributed by atoms with E-state index in [9.17, 15) is 4.79 Å². The first kappa shape index (κ1) is 22.7. The van der Waals surface area contributed by atoms with E-state index in [-0.39, 0.29) is 12.5 Å². The summed E-state index contributed by atoms with van der Waals surface area (Å²) in [6.45, 7) is 11.6. The van der Waals surface area contributed by atoms with Gasteiger partial charge in [-0.3, -0.25) is 19.3 Å². The molecule has 0 radical (unpaired) electrons. The van der Waals surface area contributed by atoms with Crippen molar-refractivity contribution >= 4 is 32.6 Å². The Morgan fingerprint density at radius 2 is 2.09 bits per heavy atom. The third-order valence-electron chi connectivity index (χ3n) is 5.55. The van der Waals surface area contributed by atoms with Crippen LogP contribution in [0.15, 0.2) is 24.3 Å². The van der Waals surface area contributed by atoms with Gasteiger partial charge >= 0.3 is 0 Å². The molecular formula is C23H31N5O3S. The van der Waals surface area contributed by atoms with E-state index in [2.05, 4.69) is 10.00 Å². The Balaban J connectivity index is 1.56. The number of para-hydroxylation sites is 1. The summed E-state index contributed by atoms with van der Waals surface area (Å²) in [4.78, 5) is 22.4. The molecule has 3 aromatic rings. The Bertz CT molecular complexity index is 1060. The zero-order valence-electron chi connectivity index (χ0n) is 19.0. The normalized spacial score (nSPS) is 14.7. The Kier molecular flexibility index (Phi) is 7.39. The van der Waals surface area contributed by atoms with Gasteiger partial charge in [-0.15, -0.1) is 0 Å². The van der Waals surface area contributed by atoms with Gasteiger partial charge in [-0.1, -0.05) is 17.4 Å². The minimum Gasteiger partial charge on any atom is -0.492 e. The summed E-state index contributed by atoms with van der Waals surface area (Å²) < 4.78 is 14.0. The van der Waals surface area contributed by atoms with Crippen LogP contribution in [-0.4, -0.2) is 71.6 Å². The van der Waals surface area contributed by atoms with Crippen LogP contribution in [0.25, 0.3) is 10.2 Å². The maximum Gasteiger partial charge on any atom is 0.250 e. The fourth-order valence-electron chi connectivity index (χ4n) is 3.95. The van der Waals surface area contributed by atoms with Crippen molar-refractivity contribution < 1.29 is 14.3 Å². The van der Waals surface area contributed by atoms with Gasteiger partial charge in [0.2, 0.25) is 0 Å². The van der Waals surface area contributed by atoms with Crippen LogP contribution in [0.2, 0.25) is 0 Å². The molecule has 172 valence electrons. The number of rotatable bonds is 9. The Morgan fingerprint density at radius 3 is 2.81 bits per heavy atom. The molecule has 4 rings (SSSR count). The summed E-state index contributed by atoms with van der Waals surface area (Å²) in [5, 5.41) is 5.18. The smallest absolute Gasteiger partial charge is 0.250 e. The maximum absolute atomic E-state index is 13.4. The van der Waals surface area contributed by atoms with Crippen LogP contribution in [0, 0.1) is 13.8 Å². The second-order valence-electron chi connectivity index (χ2n) is 7.97. The summed E-state index contributed by atoms with van der Waals surface area (Å²) in [5.41, 5.74) is 2.70. The first-order valence-electron chi connectivity index (χ1n) is 11.2. The maximum atomic E-state index is 13.4. The number of carbonyl (C=O) groups excluding carboxylic acids is 1. The highest BCUT2D eigenvalue weighted by Gasteiger charge is 2.22. The van der Waals surface area contributed by atoms with Crippen molar-refractivity contribution in [3.05, 3.63) is 35.7 Å². The third kappa shape index (κ3) is 5.28. The number of aromatic nitrogens is 3. The lowest BCUT2D eigenvalue weighted by Crippen LogP contribution is -2.40. The number of hydrogen-bond acceptors (Lipinski definition) is 7. The van der Waals surface area contributed by atoms with E-state index in [1.165, 1.54) is 11.3 Å². The largest absolute Gasteiger partial charge is 0.492 e. The van der Waals surface area contributed by atoms with Crippen LogP contribution in [0.4, 0.5) is 5.13 Å². The van der Waals surface area contributed by atoms with E-state index in [0.29, 0.717) is 18.3 Å². The fraction of sp³-hybridized carbons (Fsp3) is 0.522. The van der Waals surface area contributed by atoms with Crippen molar-refractivity contribution in [1.29, 1.82) is 0 Å². The van der Waals surface area contributed by atoms with Crippen LogP contribution in [0.1, 0.15) is 24.7 Å². The highest BCUT2D eigenvalue weighted by Crippen LogP contribution is 2.34. The molecule has 0 spiro atoms. The summed E-state index contributed by atoms with van der Waals surface area (Å²) in [6, 6.07) is 7.91. The van der Waals surface area contributed by atoms with Crippen molar-refractivity contribution in [2.45, 2.75) is 33.7 Å². The molecule has 0 saturated carbocycles. The molecule has 0 bridgehead atoms. The van der Waals surface area contributed by atoms with Crippen molar-refractivity contribution in [2.75, 3.05) is 50.9 Å². The topological polar surface area (TPSA) is 72.7 Å². The molecule has 0 aliphatic carbocycles.